The molecule has 2 bridgehead atoms. The Morgan fingerprint density at radius 2 is 1.44 bits per heavy atom. The molecule has 1 saturated carbocycles. The van der Waals surface area contributed by atoms with Gasteiger partial charge in [-0.15, -0.1) is 0 Å². The minimum atomic E-state index is -0.231. The average Bonchev–Trinajstić information content (AvgIpc) is 3.37. The van der Waals surface area contributed by atoms with E-state index in [1.54, 1.807) is 24.3 Å². The molecule has 5 nitrogen and oxygen atoms in total. The smallest absolute Gasteiger partial charge is 0.255 e. The van der Waals surface area contributed by atoms with Gasteiger partial charge in [-0.3, -0.25) is 19.3 Å². The van der Waals surface area contributed by atoms with Gasteiger partial charge in [-0.05, 0) is 54.7 Å². The lowest BCUT2D eigenvalue weighted by molar-refractivity contribution is -0.123. The number of para-hydroxylation sites is 1. The standard InChI is InChI=1S/C22H18N2O3/c25-20(23-16-4-2-1-3-5-16)13-8-10-17(11-9-13)24-21(26)18-14-6-7-15(12-14)19(18)22(24)27/h1-11,14-15,18-19H,12H2,(H,23,25)/t14-,15-,18-,19+/m1/s1. The van der Waals surface area contributed by atoms with Crippen molar-refractivity contribution in [2.75, 3.05) is 10.2 Å². The van der Waals surface area contributed by atoms with Crippen LogP contribution >= 0.6 is 0 Å². The van der Waals surface area contributed by atoms with Gasteiger partial charge in [-0.2, -0.15) is 0 Å². The van der Waals surface area contributed by atoms with Gasteiger partial charge in [0.1, 0.15) is 0 Å². The fourth-order valence-electron chi connectivity index (χ4n) is 4.64. The third-order valence-corrected chi connectivity index (χ3v) is 5.89. The topological polar surface area (TPSA) is 66.5 Å². The predicted molar refractivity (Wildman–Crippen MR) is 101 cm³/mol. The number of hydrogen-bond acceptors (Lipinski definition) is 3. The molecule has 1 N–H and O–H groups in total. The van der Waals surface area contributed by atoms with Gasteiger partial charge in [0, 0.05) is 11.3 Å². The number of amides is 3. The molecule has 27 heavy (non-hydrogen) atoms. The van der Waals surface area contributed by atoms with Crippen molar-refractivity contribution in [3.05, 3.63) is 72.3 Å². The molecule has 0 aromatic heterocycles. The first kappa shape index (κ1) is 16.0. The number of nitrogens with zero attached hydrogens (tertiary/aromatic N) is 1. The van der Waals surface area contributed by atoms with Crippen LogP contribution in [0.2, 0.25) is 0 Å². The largest absolute Gasteiger partial charge is 0.322 e. The second-order valence-electron chi connectivity index (χ2n) is 7.38. The van der Waals surface area contributed by atoms with Crippen LogP contribution in [0.3, 0.4) is 0 Å². The van der Waals surface area contributed by atoms with Crippen LogP contribution < -0.4 is 10.2 Å². The zero-order valence-corrected chi connectivity index (χ0v) is 14.5. The van der Waals surface area contributed by atoms with Crippen LogP contribution in [0.5, 0.6) is 0 Å². The lowest BCUT2D eigenvalue weighted by atomic mass is 9.85. The van der Waals surface area contributed by atoms with Gasteiger partial charge in [-0.25, -0.2) is 0 Å². The molecule has 5 rings (SSSR count). The van der Waals surface area contributed by atoms with E-state index in [0.717, 1.165) is 6.42 Å². The molecule has 0 spiro atoms. The summed E-state index contributed by atoms with van der Waals surface area (Å²) in [6.45, 7) is 0. The summed E-state index contributed by atoms with van der Waals surface area (Å²) < 4.78 is 0. The van der Waals surface area contributed by atoms with E-state index in [1.807, 2.05) is 30.3 Å². The molecule has 3 amide bonds. The molecule has 1 saturated heterocycles. The summed E-state index contributed by atoms with van der Waals surface area (Å²) in [5, 5.41) is 2.82. The van der Waals surface area contributed by atoms with Gasteiger partial charge in [0.2, 0.25) is 11.8 Å². The number of carbonyl (C=O) groups is 3. The monoisotopic (exact) mass is 358 g/mol. The predicted octanol–water partition coefficient (Wildman–Crippen LogP) is 3.25. The van der Waals surface area contributed by atoms with Crippen molar-refractivity contribution in [2.45, 2.75) is 6.42 Å². The number of fused-ring (bicyclic) bond motifs is 5. The maximum atomic E-state index is 12.8. The molecule has 3 aliphatic rings. The van der Waals surface area contributed by atoms with Crippen LogP contribution in [-0.2, 0) is 9.59 Å². The van der Waals surface area contributed by atoms with Gasteiger partial charge in [0.25, 0.3) is 5.91 Å². The Balaban J connectivity index is 1.36. The average molecular weight is 358 g/mol. The fourth-order valence-corrected chi connectivity index (χ4v) is 4.64. The van der Waals surface area contributed by atoms with Crippen molar-refractivity contribution in [3.8, 4) is 0 Å². The van der Waals surface area contributed by atoms with Crippen LogP contribution in [-0.4, -0.2) is 17.7 Å². The molecule has 0 radical (unpaired) electrons. The number of allylic oxidation sites excluding steroid dienone is 2. The van der Waals surface area contributed by atoms with Crippen molar-refractivity contribution in [1.82, 2.24) is 0 Å². The highest BCUT2D eigenvalue weighted by Gasteiger charge is 2.59. The van der Waals surface area contributed by atoms with Crippen LogP contribution in [0.15, 0.2) is 66.7 Å². The van der Waals surface area contributed by atoms with Gasteiger partial charge < -0.3 is 5.32 Å². The number of nitrogens with one attached hydrogen (secondary N) is 1. The van der Waals surface area contributed by atoms with E-state index < -0.39 is 0 Å². The van der Waals surface area contributed by atoms with Gasteiger partial charge in [-0.1, -0.05) is 30.4 Å². The second-order valence-corrected chi connectivity index (χ2v) is 7.38. The van der Waals surface area contributed by atoms with Gasteiger partial charge >= 0.3 is 0 Å². The first-order valence-corrected chi connectivity index (χ1v) is 9.16. The molecule has 2 fully saturated rings. The third kappa shape index (κ3) is 2.42. The van der Waals surface area contributed by atoms with Crippen LogP contribution in [0, 0.1) is 23.7 Å². The van der Waals surface area contributed by atoms with Crippen molar-refractivity contribution in [3.63, 3.8) is 0 Å². The summed E-state index contributed by atoms with van der Waals surface area (Å²) in [5.41, 5.74) is 1.73. The summed E-state index contributed by atoms with van der Waals surface area (Å²) in [6.07, 6.45) is 5.08. The zero-order valence-electron chi connectivity index (χ0n) is 14.5. The number of benzene rings is 2. The molecule has 2 aliphatic carbocycles. The van der Waals surface area contributed by atoms with E-state index in [0.29, 0.717) is 16.9 Å². The summed E-state index contributed by atoms with van der Waals surface area (Å²) in [4.78, 5) is 39.3. The molecule has 4 atom stereocenters. The molecular weight excluding hydrogens is 340 g/mol. The molecule has 1 aliphatic heterocycles. The Kier molecular flexibility index (Phi) is 3.50. The fraction of sp³-hybridized carbons (Fsp3) is 0.227. The van der Waals surface area contributed by atoms with Crippen molar-refractivity contribution in [1.29, 1.82) is 0 Å². The Morgan fingerprint density at radius 1 is 0.852 bits per heavy atom. The van der Waals surface area contributed by atoms with Crippen LogP contribution in [0.1, 0.15) is 16.8 Å². The maximum Gasteiger partial charge on any atom is 0.255 e. The highest BCUT2D eigenvalue weighted by atomic mass is 16.2. The third-order valence-electron chi connectivity index (χ3n) is 5.89. The zero-order chi connectivity index (χ0) is 18.5. The van der Waals surface area contributed by atoms with Crippen LogP contribution in [0.25, 0.3) is 0 Å². The number of hydrogen-bond donors (Lipinski definition) is 1. The van der Waals surface area contributed by atoms with E-state index in [4.69, 9.17) is 0 Å². The summed E-state index contributed by atoms with van der Waals surface area (Å²) in [7, 11) is 0. The Hall–Kier alpha value is -3.21. The molecule has 134 valence electrons. The van der Waals surface area contributed by atoms with Crippen molar-refractivity contribution >= 4 is 29.1 Å². The first-order valence-electron chi connectivity index (χ1n) is 9.16. The minimum absolute atomic E-state index is 0.108. The number of rotatable bonds is 3. The normalized spacial score (nSPS) is 27.9. The van der Waals surface area contributed by atoms with Crippen molar-refractivity contribution in [2.24, 2.45) is 23.7 Å². The lowest BCUT2D eigenvalue weighted by Crippen LogP contribution is -2.32. The Bertz CT molecular complexity index is 935. The number of anilines is 2. The summed E-state index contributed by atoms with van der Waals surface area (Å²) >= 11 is 0. The maximum absolute atomic E-state index is 12.8. The quantitative estimate of drug-likeness (QED) is 0.677. The van der Waals surface area contributed by atoms with E-state index in [-0.39, 0.29) is 41.4 Å². The SMILES string of the molecule is O=C(Nc1ccccc1)c1ccc(N2C(=O)[C@@H]3[C@H](C2=O)[C@@H]2C=C[C@@H]3C2)cc1. The second kappa shape index (κ2) is 5.91. The molecule has 2 aromatic rings. The Morgan fingerprint density at radius 3 is 2.04 bits per heavy atom. The van der Waals surface area contributed by atoms with Gasteiger partial charge in [0.05, 0.1) is 17.5 Å². The van der Waals surface area contributed by atoms with E-state index in [9.17, 15) is 14.4 Å². The molecular formula is C22H18N2O3. The molecule has 5 heteroatoms. The number of imide groups is 1. The Labute approximate surface area is 156 Å². The van der Waals surface area contributed by atoms with E-state index in [2.05, 4.69) is 17.5 Å². The highest BCUT2D eigenvalue weighted by molar-refractivity contribution is 6.23. The summed E-state index contributed by atoms with van der Waals surface area (Å²) in [6, 6.07) is 15.8. The van der Waals surface area contributed by atoms with E-state index in [1.165, 1.54) is 4.90 Å². The molecule has 2 aromatic carbocycles. The van der Waals surface area contributed by atoms with Gasteiger partial charge in [0.15, 0.2) is 0 Å². The molecule has 0 unspecified atom stereocenters. The molecule has 1 heterocycles. The van der Waals surface area contributed by atoms with Crippen molar-refractivity contribution < 1.29 is 14.4 Å². The minimum Gasteiger partial charge on any atom is -0.322 e. The van der Waals surface area contributed by atoms with E-state index >= 15 is 0 Å². The lowest BCUT2D eigenvalue weighted by Gasteiger charge is -2.17. The first-order chi connectivity index (χ1) is 13.1. The highest BCUT2D eigenvalue weighted by Crippen LogP contribution is 2.53. The summed E-state index contributed by atoms with van der Waals surface area (Å²) in [5.74, 6) is -0.491. The number of carbonyl (C=O) groups excluding carboxylic acids is 3. The van der Waals surface area contributed by atoms with Crippen LogP contribution in [0.4, 0.5) is 11.4 Å².